The lowest BCUT2D eigenvalue weighted by molar-refractivity contribution is -0.384. The molecule has 1 aliphatic rings. The summed E-state index contributed by atoms with van der Waals surface area (Å²) in [6.07, 6.45) is 11.6. The van der Waals surface area contributed by atoms with E-state index in [1.807, 2.05) is 24.3 Å². The molecule has 0 radical (unpaired) electrons. The van der Waals surface area contributed by atoms with Crippen molar-refractivity contribution in [2.75, 3.05) is 6.61 Å². The first kappa shape index (κ1) is 24.1. The number of carbonyl (C=O) groups is 1. The van der Waals surface area contributed by atoms with Crippen LogP contribution in [0.25, 0.3) is 0 Å². The molecule has 1 N–H and O–H groups in total. The maximum Gasteiger partial charge on any atom is 0.270 e. The summed E-state index contributed by atoms with van der Waals surface area (Å²) >= 11 is 1.48. The molecule has 3 rings (SSSR count). The Hall–Kier alpha value is -2.54. The van der Waals surface area contributed by atoms with E-state index in [0.29, 0.717) is 5.56 Å². The van der Waals surface area contributed by atoms with Crippen LogP contribution in [0, 0.1) is 10.1 Å². The van der Waals surface area contributed by atoms with Crippen LogP contribution in [-0.2, 0) is 0 Å². The molecule has 7 heteroatoms. The van der Waals surface area contributed by atoms with Gasteiger partial charge in [0.25, 0.3) is 11.6 Å². The number of hydrogen-bond donors (Lipinski definition) is 1. The molecule has 172 valence electrons. The summed E-state index contributed by atoms with van der Waals surface area (Å²) in [4.78, 5) is 23.7. The van der Waals surface area contributed by atoms with Crippen molar-refractivity contribution >= 4 is 23.4 Å². The number of thioether (sulfide) groups is 1. The summed E-state index contributed by atoms with van der Waals surface area (Å²) in [7, 11) is 0. The number of carbonyl (C=O) groups excluding carboxylic acids is 1. The molecule has 1 amide bonds. The van der Waals surface area contributed by atoms with E-state index in [1.54, 1.807) is 6.07 Å². The molecule has 0 spiro atoms. The van der Waals surface area contributed by atoms with E-state index in [0.717, 1.165) is 29.2 Å². The van der Waals surface area contributed by atoms with Crippen molar-refractivity contribution in [1.29, 1.82) is 0 Å². The molecule has 6 nitrogen and oxygen atoms in total. The molecule has 0 aromatic heterocycles. The van der Waals surface area contributed by atoms with Crippen LogP contribution in [0.15, 0.2) is 47.4 Å². The van der Waals surface area contributed by atoms with E-state index in [2.05, 4.69) is 12.2 Å². The number of ether oxygens (including phenoxy) is 1. The van der Waals surface area contributed by atoms with Gasteiger partial charge in [0.05, 0.1) is 17.1 Å². The molecule has 0 saturated carbocycles. The van der Waals surface area contributed by atoms with Gasteiger partial charge in [-0.3, -0.25) is 14.9 Å². The van der Waals surface area contributed by atoms with Crippen LogP contribution >= 0.6 is 11.8 Å². The predicted molar refractivity (Wildman–Crippen MR) is 128 cm³/mol. The summed E-state index contributed by atoms with van der Waals surface area (Å²) in [6.45, 7) is 2.97. The zero-order chi connectivity index (χ0) is 22.8. The summed E-state index contributed by atoms with van der Waals surface area (Å²) < 4.78 is 5.86. The SMILES string of the molecule is CCCCCCCCCCCOc1ccc(C2NC(=O)c3cc([N+](=O)[O-])ccc3S2)cc1. The first-order valence-electron chi connectivity index (χ1n) is 11.6. The van der Waals surface area contributed by atoms with E-state index < -0.39 is 4.92 Å². The number of benzene rings is 2. The van der Waals surface area contributed by atoms with Crippen LogP contribution in [0.3, 0.4) is 0 Å². The topological polar surface area (TPSA) is 81.5 Å². The van der Waals surface area contributed by atoms with Crippen molar-refractivity contribution in [3.63, 3.8) is 0 Å². The standard InChI is InChI=1S/C25H32N2O4S/c1-2-3-4-5-6-7-8-9-10-17-31-21-14-11-19(12-15-21)25-26-24(28)22-18-20(27(29)30)13-16-23(22)32-25/h11-16,18,25H,2-10,17H2,1H3,(H,26,28). The molecule has 2 aromatic carbocycles. The number of nitro benzene ring substituents is 1. The van der Waals surface area contributed by atoms with Crippen LogP contribution in [0.5, 0.6) is 5.75 Å². The van der Waals surface area contributed by atoms with Gasteiger partial charge in [-0.05, 0) is 30.2 Å². The van der Waals surface area contributed by atoms with E-state index in [-0.39, 0.29) is 17.0 Å². The Morgan fingerprint density at radius 2 is 1.62 bits per heavy atom. The highest BCUT2D eigenvalue weighted by molar-refractivity contribution is 7.99. The van der Waals surface area contributed by atoms with E-state index in [1.165, 1.54) is 75.3 Å². The Kier molecular flexibility index (Phi) is 9.41. The minimum absolute atomic E-state index is 0.0774. The molecule has 1 aliphatic heterocycles. The molecule has 32 heavy (non-hydrogen) atoms. The quantitative estimate of drug-likeness (QED) is 0.199. The Labute approximate surface area is 194 Å². The highest BCUT2D eigenvalue weighted by atomic mass is 32.2. The minimum Gasteiger partial charge on any atom is -0.494 e. The highest BCUT2D eigenvalue weighted by Crippen LogP contribution is 2.40. The van der Waals surface area contributed by atoms with Gasteiger partial charge >= 0.3 is 0 Å². The number of unbranched alkanes of at least 4 members (excludes halogenated alkanes) is 8. The number of nitro groups is 1. The van der Waals surface area contributed by atoms with Crippen molar-refractivity contribution in [2.45, 2.75) is 75.0 Å². The van der Waals surface area contributed by atoms with Crippen molar-refractivity contribution < 1.29 is 14.5 Å². The van der Waals surface area contributed by atoms with Crippen LogP contribution in [-0.4, -0.2) is 17.4 Å². The zero-order valence-corrected chi connectivity index (χ0v) is 19.5. The first-order valence-corrected chi connectivity index (χ1v) is 12.4. The normalized spacial score (nSPS) is 15.2. The van der Waals surface area contributed by atoms with Gasteiger partial charge in [-0.25, -0.2) is 0 Å². The van der Waals surface area contributed by atoms with E-state index in [4.69, 9.17) is 4.74 Å². The molecule has 0 aliphatic carbocycles. The average Bonchev–Trinajstić information content (AvgIpc) is 2.80. The zero-order valence-electron chi connectivity index (χ0n) is 18.7. The van der Waals surface area contributed by atoms with Gasteiger partial charge in [-0.1, -0.05) is 82.2 Å². The molecule has 0 fully saturated rings. The van der Waals surface area contributed by atoms with Crippen molar-refractivity contribution in [3.8, 4) is 5.75 Å². The second kappa shape index (κ2) is 12.5. The molecule has 1 unspecified atom stereocenters. The third-order valence-electron chi connectivity index (χ3n) is 5.63. The predicted octanol–water partition coefficient (Wildman–Crippen LogP) is 7.04. The van der Waals surface area contributed by atoms with Crippen molar-refractivity contribution in [3.05, 3.63) is 63.7 Å². The van der Waals surface area contributed by atoms with Gasteiger partial charge in [0, 0.05) is 17.0 Å². The third kappa shape index (κ3) is 6.99. The monoisotopic (exact) mass is 456 g/mol. The molecular weight excluding hydrogens is 424 g/mol. The largest absolute Gasteiger partial charge is 0.494 e. The molecular formula is C25H32N2O4S. The lowest BCUT2D eigenvalue weighted by Gasteiger charge is -2.25. The Morgan fingerprint density at radius 1 is 0.969 bits per heavy atom. The third-order valence-corrected chi connectivity index (χ3v) is 6.86. The maximum absolute atomic E-state index is 12.5. The highest BCUT2D eigenvalue weighted by Gasteiger charge is 2.27. The summed E-state index contributed by atoms with van der Waals surface area (Å²) in [6, 6.07) is 12.2. The fourth-order valence-electron chi connectivity index (χ4n) is 3.76. The van der Waals surface area contributed by atoms with Gasteiger partial charge in [-0.15, -0.1) is 0 Å². The van der Waals surface area contributed by atoms with Crippen LogP contribution in [0.2, 0.25) is 0 Å². The fraction of sp³-hybridized carbons (Fsp3) is 0.480. The van der Waals surface area contributed by atoms with Gasteiger partial charge < -0.3 is 10.1 Å². The lowest BCUT2D eigenvalue weighted by atomic mass is 10.1. The van der Waals surface area contributed by atoms with Crippen LogP contribution < -0.4 is 10.1 Å². The summed E-state index contributed by atoms with van der Waals surface area (Å²) in [5.41, 5.74) is 1.23. The Balaban J connectivity index is 1.41. The van der Waals surface area contributed by atoms with E-state index in [9.17, 15) is 14.9 Å². The molecule has 1 atom stereocenters. The number of fused-ring (bicyclic) bond motifs is 1. The minimum atomic E-state index is -0.488. The molecule has 0 bridgehead atoms. The lowest BCUT2D eigenvalue weighted by Crippen LogP contribution is -2.30. The Bertz CT molecular complexity index is 901. The Morgan fingerprint density at radius 3 is 2.28 bits per heavy atom. The van der Waals surface area contributed by atoms with Crippen molar-refractivity contribution in [2.24, 2.45) is 0 Å². The summed E-state index contributed by atoms with van der Waals surface area (Å²) in [5, 5.41) is 13.6. The van der Waals surface area contributed by atoms with E-state index >= 15 is 0 Å². The van der Waals surface area contributed by atoms with Crippen LogP contribution in [0.1, 0.15) is 86.0 Å². The smallest absolute Gasteiger partial charge is 0.270 e. The number of hydrogen-bond acceptors (Lipinski definition) is 5. The number of nitrogens with zero attached hydrogens (tertiary/aromatic N) is 1. The number of non-ortho nitro benzene ring substituents is 1. The van der Waals surface area contributed by atoms with Crippen LogP contribution in [0.4, 0.5) is 5.69 Å². The summed E-state index contributed by atoms with van der Waals surface area (Å²) in [5.74, 6) is 0.537. The average molecular weight is 457 g/mol. The maximum atomic E-state index is 12.5. The number of rotatable bonds is 13. The fourth-order valence-corrected chi connectivity index (χ4v) is 4.90. The molecule has 2 aromatic rings. The van der Waals surface area contributed by atoms with Crippen molar-refractivity contribution in [1.82, 2.24) is 5.32 Å². The van der Waals surface area contributed by atoms with Gasteiger partial charge in [0.15, 0.2) is 0 Å². The van der Waals surface area contributed by atoms with Gasteiger partial charge in [-0.2, -0.15) is 0 Å². The molecule has 0 saturated heterocycles. The number of amides is 1. The van der Waals surface area contributed by atoms with Gasteiger partial charge in [0.1, 0.15) is 11.1 Å². The molecule has 1 heterocycles. The second-order valence-corrected chi connectivity index (χ2v) is 9.30. The van der Waals surface area contributed by atoms with Gasteiger partial charge in [0.2, 0.25) is 0 Å². The first-order chi connectivity index (χ1) is 15.6. The number of nitrogens with one attached hydrogen (secondary N) is 1. The second-order valence-electron chi connectivity index (χ2n) is 8.15.